The van der Waals surface area contributed by atoms with Crippen molar-refractivity contribution in [2.45, 2.75) is 19.6 Å². The van der Waals surface area contributed by atoms with Gasteiger partial charge in [0.25, 0.3) is 0 Å². The van der Waals surface area contributed by atoms with Crippen LogP contribution in [0.4, 0.5) is 19.0 Å². The van der Waals surface area contributed by atoms with Crippen molar-refractivity contribution in [2.75, 3.05) is 5.32 Å². The summed E-state index contributed by atoms with van der Waals surface area (Å²) in [5.74, 6) is 0.182. The maximum absolute atomic E-state index is 13.0. The van der Waals surface area contributed by atoms with Crippen molar-refractivity contribution in [3.8, 4) is 17.0 Å². The lowest BCUT2D eigenvalue weighted by Gasteiger charge is -2.15. The van der Waals surface area contributed by atoms with E-state index in [-0.39, 0.29) is 17.6 Å². The lowest BCUT2D eigenvalue weighted by atomic mass is 10.1. The molecular formula is C18H15F3N4O. The minimum Gasteiger partial charge on any atom is -0.433 e. The van der Waals surface area contributed by atoms with E-state index in [1.165, 1.54) is 43.0 Å². The molecule has 26 heavy (non-hydrogen) atoms. The molecule has 3 aromatic rings. The van der Waals surface area contributed by atoms with E-state index >= 15 is 0 Å². The Hall–Kier alpha value is -3.16. The zero-order valence-corrected chi connectivity index (χ0v) is 13.7. The van der Waals surface area contributed by atoms with Crippen LogP contribution < -0.4 is 10.1 Å². The molecule has 2 heterocycles. The highest BCUT2D eigenvalue weighted by molar-refractivity contribution is 5.59. The molecule has 0 radical (unpaired) electrons. The number of halogens is 3. The van der Waals surface area contributed by atoms with Crippen molar-refractivity contribution in [3.63, 3.8) is 0 Å². The summed E-state index contributed by atoms with van der Waals surface area (Å²) in [5.41, 5.74) is 1.88. The lowest BCUT2D eigenvalue weighted by Crippen LogP contribution is -2.08. The SMILES string of the molecule is CC(Nc1cnc(-c2cncc(OC(F)F)c2)cn1)c1ccc(F)cc1. The van der Waals surface area contributed by atoms with Crippen LogP contribution in [-0.2, 0) is 0 Å². The number of anilines is 1. The molecule has 0 aliphatic carbocycles. The van der Waals surface area contributed by atoms with E-state index in [1.54, 1.807) is 12.1 Å². The molecule has 1 N–H and O–H groups in total. The largest absolute Gasteiger partial charge is 0.433 e. The van der Waals surface area contributed by atoms with E-state index in [0.717, 1.165) is 5.56 Å². The summed E-state index contributed by atoms with van der Waals surface area (Å²) >= 11 is 0. The Morgan fingerprint density at radius 3 is 2.42 bits per heavy atom. The molecule has 0 aliphatic rings. The summed E-state index contributed by atoms with van der Waals surface area (Å²) in [6.45, 7) is -1.00. The highest BCUT2D eigenvalue weighted by Gasteiger charge is 2.09. The predicted octanol–water partition coefficient (Wildman–Crippen LogP) is 4.45. The Balaban J connectivity index is 1.71. The summed E-state index contributed by atoms with van der Waals surface area (Å²) < 4.78 is 41.9. The number of pyridine rings is 1. The fourth-order valence-corrected chi connectivity index (χ4v) is 2.33. The van der Waals surface area contributed by atoms with E-state index in [9.17, 15) is 13.2 Å². The normalized spacial score (nSPS) is 12.0. The van der Waals surface area contributed by atoms with Crippen molar-refractivity contribution >= 4 is 5.82 Å². The van der Waals surface area contributed by atoms with Gasteiger partial charge in [0, 0.05) is 17.8 Å². The molecule has 134 valence electrons. The maximum atomic E-state index is 13.0. The van der Waals surface area contributed by atoms with Crippen LogP contribution in [0.15, 0.2) is 55.1 Å². The first-order chi connectivity index (χ1) is 12.5. The number of ether oxygens (including phenoxy) is 1. The first-order valence-electron chi connectivity index (χ1n) is 7.75. The number of aromatic nitrogens is 3. The van der Waals surface area contributed by atoms with Gasteiger partial charge in [-0.25, -0.2) is 9.37 Å². The van der Waals surface area contributed by atoms with Crippen LogP contribution in [-0.4, -0.2) is 21.6 Å². The summed E-state index contributed by atoms with van der Waals surface area (Å²) in [7, 11) is 0. The van der Waals surface area contributed by atoms with E-state index in [2.05, 4.69) is 25.0 Å². The van der Waals surface area contributed by atoms with Gasteiger partial charge in [0.05, 0.1) is 24.3 Å². The van der Waals surface area contributed by atoms with Crippen LogP contribution in [0, 0.1) is 5.82 Å². The van der Waals surface area contributed by atoms with Gasteiger partial charge in [0.1, 0.15) is 17.4 Å². The third kappa shape index (κ3) is 4.47. The molecule has 8 heteroatoms. The van der Waals surface area contributed by atoms with Crippen LogP contribution in [0.1, 0.15) is 18.5 Å². The molecule has 0 saturated heterocycles. The van der Waals surface area contributed by atoms with Crippen LogP contribution >= 0.6 is 0 Å². The molecule has 0 bridgehead atoms. The number of benzene rings is 1. The summed E-state index contributed by atoms with van der Waals surface area (Å²) in [4.78, 5) is 12.4. The quantitative estimate of drug-likeness (QED) is 0.704. The molecule has 1 aromatic carbocycles. The molecule has 1 unspecified atom stereocenters. The van der Waals surface area contributed by atoms with E-state index < -0.39 is 6.61 Å². The second-order valence-corrected chi connectivity index (χ2v) is 5.49. The average molecular weight is 360 g/mol. The standard InChI is InChI=1S/C18H15F3N4O/c1-11(12-2-4-14(19)5-3-12)25-17-10-23-16(9-24-17)13-6-15(8-22-7-13)26-18(20)21/h2-11,18H,1H3,(H,24,25). The molecule has 2 aromatic heterocycles. The summed E-state index contributed by atoms with van der Waals surface area (Å²) in [6, 6.07) is 7.48. The minimum absolute atomic E-state index is 0.0496. The van der Waals surface area contributed by atoms with Gasteiger partial charge in [-0.05, 0) is 30.7 Å². The Bertz CT molecular complexity index is 857. The van der Waals surface area contributed by atoms with Gasteiger partial charge in [-0.3, -0.25) is 9.97 Å². The number of hydrogen-bond donors (Lipinski definition) is 1. The number of nitrogens with zero attached hydrogens (tertiary/aromatic N) is 3. The molecule has 3 rings (SSSR count). The van der Waals surface area contributed by atoms with E-state index in [0.29, 0.717) is 17.1 Å². The van der Waals surface area contributed by atoms with Crippen molar-refractivity contribution in [1.29, 1.82) is 0 Å². The van der Waals surface area contributed by atoms with Crippen molar-refractivity contribution in [3.05, 3.63) is 66.5 Å². The molecule has 0 amide bonds. The van der Waals surface area contributed by atoms with E-state index in [1.807, 2.05) is 6.92 Å². The van der Waals surface area contributed by atoms with Crippen molar-refractivity contribution in [2.24, 2.45) is 0 Å². The second kappa shape index (κ2) is 7.81. The van der Waals surface area contributed by atoms with Gasteiger partial charge >= 0.3 is 6.61 Å². The zero-order chi connectivity index (χ0) is 18.5. The van der Waals surface area contributed by atoms with Gasteiger partial charge in [0.15, 0.2) is 0 Å². The number of alkyl halides is 2. The van der Waals surface area contributed by atoms with Gasteiger partial charge in [-0.2, -0.15) is 8.78 Å². The van der Waals surface area contributed by atoms with Gasteiger partial charge < -0.3 is 10.1 Å². The molecule has 0 spiro atoms. The molecule has 0 aliphatic heterocycles. The minimum atomic E-state index is -2.92. The molecule has 0 saturated carbocycles. The van der Waals surface area contributed by atoms with Gasteiger partial charge in [0.2, 0.25) is 0 Å². The molecule has 1 atom stereocenters. The first kappa shape index (κ1) is 17.7. The summed E-state index contributed by atoms with van der Waals surface area (Å²) in [5, 5.41) is 3.16. The average Bonchev–Trinajstić information content (AvgIpc) is 2.62. The lowest BCUT2D eigenvalue weighted by molar-refractivity contribution is -0.0500. The van der Waals surface area contributed by atoms with Crippen molar-refractivity contribution in [1.82, 2.24) is 15.0 Å². The molecule has 0 fully saturated rings. The van der Waals surface area contributed by atoms with E-state index in [4.69, 9.17) is 0 Å². The third-order valence-electron chi connectivity index (χ3n) is 3.62. The molecular weight excluding hydrogens is 345 g/mol. The molecule has 5 nitrogen and oxygen atoms in total. The second-order valence-electron chi connectivity index (χ2n) is 5.49. The Kier molecular flexibility index (Phi) is 5.31. The number of hydrogen-bond acceptors (Lipinski definition) is 5. The van der Waals surface area contributed by atoms with Crippen LogP contribution in [0.2, 0.25) is 0 Å². The Morgan fingerprint density at radius 1 is 1.00 bits per heavy atom. The van der Waals surface area contributed by atoms with Crippen molar-refractivity contribution < 1.29 is 17.9 Å². The highest BCUT2D eigenvalue weighted by atomic mass is 19.3. The number of rotatable bonds is 6. The first-order valence-corrected chi connectivity index (χ1v) is 7.75. The van der Waals surface area contributed by atoms with Crippen LogP contribution in [0.3, 0.4) is 0 Å². The third-order valence-corrected chi connectivity index (χ3v) is 3.62. The predicted molar refractivity (Wildman–Crippen MR) is 90.3 cm³/mol. The maximum Gasteiger partial charge on any atom is 0.387 e. The number of nitrogens with one attached hydrogen (secondary N) is 1. The zero-order valence-electron chi connectivity index (χ0n) is 13.7. The fourth-order valence-electron chi connectivity index (χ4n) is 2.33. The fraction of sp³-hybridized carbons (Fsp3) is 0.167. The monoisotopic (exact) mass is 360 g/mol. The van der Waals surface area contributed by atoms with Crippen LogP contribution in [0.25, 0.3) is 11.3 Å². The topological polar surface area (TPSA) is 59.9 Å². The van der Waals surface area contributed by atoms with Crippen LogP contribution in [0.5, 0.6) is 5.75 Å². The Labute approximate surface area is 147 Å². The van der Waals surface area contributed by atoms with Gasteiger partial charge in [-0.15, -0.1) is 0 Å². The Morgan fingerprint density at radius 2 is 1.77 bits per heavy atom. The highest BCUT2D eigenvalue weighted by Crippen LogP contribution is 2.23. The van der Waals surface area contributed by atoms with Gasteiger partial charge in [-0.1, -0.05) is 12.1 Å². The smallest absolute Gasteiger partial charge is 0.387 e. The summed E-state index contributed by atoms with van der Waals surface area (Å²) in [6.07, 6.45) is 5.71.